The van der Waals surface area contributed by atoms with E-state index in [2.05, 4.69) is 10.6 Å². The number of carboxylic acids is 1. The zero-order valence-electron chi connectivity index (χ0n) is 24.0. The molecule has 0 spiro atoms. The summed E-state index contributed by atoms with van der Waals surface area (Å²) in [5, 5.41) is 25.8. The molecule has 4 N–H and O–H groups in total. The number of β-lactam (4-membered cyclic amide) rings is 1. The number of aliphatic carboxylic acids is 1. The highest BCUT2D eigenvalue weighted by atomic mass is 32.2. The van der Waals surface area contributed by atoms with E-state index >= 15 is 0 Å². The second-order valence-electron chi connectivity index (χ2n) is 11.3. The van der Waals surface area contributed by atoms with E-state index in [9.17, 15) is 34.2 Å². The first kappa shape index (κ1) is 30.5. The summed E-state index contributed by atoms with van der Waals surface area (Å²) >= 11 is 1.38. The van der Waals surface area contributed by atoms with Gasteiger partial charge in [-0.05, 0) is 43.2 Å². The third-order valence-corrected chi connectivity index (χ3v) is 9.69. The highest BCUT2D eigenvalue weighted by molar-refractivity contribution is 8.03. The second-order valence-corrected chi connectivity index (χ2v) is 12.6. The second kappa shape index (κ2) is 12.3. The Morgan fingerprint density at radius 1 is 1.12 bits per heavy atom. The van der Waals surface area contributed by atoms with Crippen LogP contribution in [0.15, 0.2) is 59.1 Å². The Morgan fingerprint density at radius 2 is 1.81 bits per heavy atom. The lowest BCUT2D eigenvalue weighted by Crippen LogP contribution is -2.63. The fourth-order valence-corrected chi connectivity index (χ4v) is 7.91. The quantitative estimate of drug-likeness (QED) is 0.236. The number of carbonyl (C=O) groups is 5. The van der Waals surface area contributed by atoms with Crippen molar-refractivity contribution in [1.29, 1.82) is 0 Å². The van der Waals surface area contributed by atoms with Crippen LogP contribution in [-0.4, -0.2) is 80.0 Å². The van der Waals surface area contributed by atoms with Crippen LogP contribution >= 0.6 is 11.8 Å². The third kappa shape index (κ3) is 6.08. The molecule has 2 aromatic carbocycles. The van der Waals surface area contributed by atoms with Crippen molar-refractivity contribution >= 4 is 53.1 Å². The molecule has 0 unspecified atom stereocenters. The van der Waals surface area contributed by atoms with Gasteiger partial charge in [0.2, 0.25) is 17.7 Å². The van der Waals surface area contributed by atoms with Crippen LogP contribution in [0.4, 0.5) is 11.4 Å². The molecule has 0 saturated carbocycles. The van der Waals surface area contributed by atoms with E-state index in [-0.39, 0.29) is 34.6 Å². The molecule has 2 aromatic rings. The predicted molar refractivity (Wildman–Crippen MR) is 161 cm³/mol. The predicted octanol–water partition coefficient (Wildman–Crippen LogP) is 2.93. The standard InChI is InChI=1S/C31H34N4O7S/c1-16-26-25(17(2)37)30(40)35(26)27(31(41)42)28(16)43-23-12-24(29(39)33-22-9-5-7-20(11-22)15-36)34(14-23)13-19-6-4-8-21(10-19)32-18(3)38/h4-11,15-17,23-26,37H,12-14H2,1-3H3,(H,32,38)(H,33,39)(H,41,42)/t16-,17-,23+,24+,25-,26-/m1/s1. The first-order valence-corrected chi connectivity index (χ1v) is 15.0. The first-order valence-electron chi connectivity index (χ1n) is 14.1. The summed E-state index contributed by atoms with van der Waals surface area (Å²) in [6.07, 6.45) is 0.229. The van der Waals surface area contributed by atoms with Crippen LogP contribution in [0.5, 0.6) is 0 Å². The van der Waals surface area contributed by atoms with Gasteiger partial charge in [-0.2, -0.15) is 0 Å². The lowest BCUT2D eigenvalue weighted by atomic mass is 9.79. The molecule has 2 saturated heterocycles. The smallest absolute Gasteiger partial charge is 0.353 e. The van der Waals surface area contributed by atoms with Crippen molar-refractivity contribution in [3.8, 4) is 0 Å². The maximum absolute atomic E-state index is 13.6. The van der Waals surface area contributed by atoms with Crippen LogP contribution in [0.3, 0.4) is 0 Å². The number of aliphatic hydroxyl groups excluding tert-OH is 1. The van der Waals surface area contributed by atoms with Crippen molar-refractivity contribution in [3.63, 3.8) is 0 Å². The van der Waals surface area contributed by atoms with Gasteiger partial charge in [-0.3, -0.25) is 24.1 Å². The lowest BCUT2D eigenvalue weighted by Gasteiger charge is -2.46. The van der Waals surface area contributed by atoms with Crippen LogP contribution in [0.2, 0.25) is 0 Å². The number of hydrogen-bond acceptors (Lipinski definition) is 8. The zero-order chi connectivity index (χ0) is 31.0. The highest BCUT2D eigenvalue weighted by Gasteiger charge is 2.60. The van der Waals surface area contributed by atoms with Gasteiger partial charge in [-0.25, -0.2) is 4.79 Å². The topological polar surface area (TPSA) is 156 Å². The van der Waals surface area contributed by atoms with Gasteiger partial charge in [0.15, 0.2) is 0 Å². The molecular weight excluding hydrogens is 572 g/mol. The maximum Gasteiger partial charge on any atom is 0.353 e. The number of nitrogens with one attached hydrogen (secondary N) is 2. The van der Waals surface area contributed by atoms with Crippen LogP contribution in [0, 0.1) is 11.8 Å². The molecule has 0 radical (unpaired) electrons. The van der Waals surface area contributed by atoms with E-state index in [1.807, 2.05) is 30.0 Å². The number of fused-ring (bicyclic) bond motifs is 1. The van der Waals surface area contributed by atoms with Crippen LogP contribution in [0.25, 0.3) is 0 Å². The van der Waals surface area contributed by atoms with Gasteiger partial charge in [0.1, 0.15) is 12.0 Å². The monoisotopic (exact) mass is 606 g/mol. The molecule has 11 nitrogen and oxygen atoms in total. The molecule has 0 aliphatic carbocycles. The van der Waals surface area contributed by atoms with Gasteiger partial charge in [-0.15, -0.1) is 11.8 Å². The Balaban J connectivity index is 1.40. The van der Waals surface area contributed by atoms with Crippen molar-refractivity contribution in [1.82, 2.24) is 9.80 Å². The van der Waals surface area contributed by atoms with Crippen molar-refractivity contribution < 1.29 is 34.2 Å². The molecular formula is C31H34N4O7S. The molecule has 5 rings (SSSR count). The Hall–Kier alpha value is -4.00. The zero-order valence-corrected chi connectivity index (χ0v) is 24.8. The molecule has 43 heavy (non-hydrogen) atoms. The van der Waals surface area contributed by atoms with Crippen LogP contribution < -0.4 is 10.6 Å². The van der Waals surface area contributed by atoms with Gasteiger partial charge in [0.25, 0.3) is 0 Å². The van der Waals surface area contributed by atoms with Gasteiger partial charge in [-0.1, -0.05) is 31.2 Å². The van der Waals surface area contributed by atoms with E-state index in [1.165, 1.54) is 23.6 Å². The van der Waals surface area contributed by atoms with Crippen LogP contribution in [-0.2, 0) is 25.7 Å². The van der Waals surface area contributed by atoms with E-state index in [4.69, 9.17) is 0 Å². The molecule has 0 aromatic heterocycles. The number of anilines is 2. The molecule has 3 amide bonds. The summed E-state index contributed by atoms with van der Waals surface area (Å²) < 4.78 is 0. The Kier molecular flexibility index (Phi) is 8.72. The number of thioether (sulfide) groups is 1. The minimum atomic E-state index is -1.19. The largest absolute Gasteiger partial charge is 0.477 e. The number of carboxylic acid groups (broad SMARTS) is 1. The summed E-state index contributed by atoms with van der Waals surface area (Å²) in [6, 6.07) is 13.0. The maximum atomic E-state index is 13.6. The number of aliphatic hydroxyl groups is 1. The number of carbonyl (C=O) groups excluding carboxylic acids is 4. The molecule has 2 fully saturated rings. The average molecular weight is 607 g/mol. The normalized spacial score (nSPS) is 25.6. The van der Waals surface area contributed by atoms with E-state index in [1.54, 1.807) is 37.3 Å². The number of aldehydes is 1. The van der Waals surface area contributed by atoms with Gasteiger partial charge < -0.3 is 25.7 Å². The molecule has 0 bridgehead atoms. The summed E-state index contributed by atoms with van der Waals surface area (Å²) in [6.45, 7) is 5.71. The van der Waals surface area contributed by atoms with Crippen molar-refractivity contribution in [2.24, 2.45) is 11.8 Å². The summed E-state index contributed by atoms with van der Waals surface area (Å²) in [4.78, 5) is 65.5. The Labute approximate surface area is 253 Å². The molecule has 12 heteroatoms. The minimum Gasteiger partial charge on any atom is -0.477 e. The number of amides is 3. The van der Waals surface area contributed by atoms with E-state index in [0.717, 1.165) is 5.56 Å². The number of hydrogen-bond donors (Lipinski definition) is 4. The summed E-state index contributed by atoms with van der Waals surface area (Å²) in [5.74, 6) is -2.97. The fraction of sp³-hybridized carbons (Fsp3) is 0.387. The van der Waals surface area contributed by atoms with Crippen molar-refractivity contribution in [3.05, 3.63) is 70.3 Å². The molecule has 3 aliphatic rings. The molecule has 226 valence electrons. The van der Waals surface area contributed by atoms with E-state index in [0.29, 0.717) is 47.6 Å². The first-order chi connectivity index (χ1) is 20.5. The van der Waals surface area contributed by atoms with E-state index < -0.39 is 30.1 Å². The number of likely N-dealkylation sites (tertiary alicyclic amines) is 1. The number of benzene rings is 2. The fourth-order valence-electron chi connectivity index (χ4n) is 6.35. The van der Waals surface area contributed by atoms with Gasteiger partial charge in [0.05, 0.1) is 24.1 Å². The summed E-state index contributed by atoms with van der Waals surface area (Å²) in [7, 11) is 0. The minimum absolute atomic E-state index is 0.0439. The van der Waals surface area contributed by atoms with Crippen LogP contribution in [0.1, 0.15) is 43.1 Å². The van der Waals surface area contributed by atoms with Crippen molar-refractivity contribution in [2.75, 3.05) is 17.2 Å². The molecule has 3 heterocycles. The van der Waals surface area contributed by atoms with Gasteiger partial charge >= 0.3 is 5.97 Å². The molecule has 6 atom stereocenters. The summed E-state index contributed by atoms with van der Waals surface area (Å²) in [5.41, 5.74) is 2.40. The van der Waals surface area contributed by atoms with Crippen molar-refractivity contribution in [2.45, 2.75) is 57.2 Å². The average Bonchev–Trinajstić information content (AvgIpc) is 3.44. The number of nitrogens with zero attached hydrogens (tertiary/aromatic N) is 2. The third-order valence-electron chi connectivity index (χ3n) is 8.20. The Morgan fingerprint density at radius 3 is 2.47 bits per heavy atom. The SMILES string of the molecule is CC(=O)Nc1cccc(CN2C[C@@H](SC3=C(C(=O)O)N4C(=O)[C@H]([C@@H](C)O)[C@H]4[C@H]3C)C[C@H]2C(=O)Nc2cccc(C=O)c2)c1. The highest BCUT2D eigenvalue weighted by Crippen LogP contribution is 2.52. The Bertz CT molecular complexity index is 1510. The molecule has 3 aliphatic heterocycles. The number of rotatable bonds is 10. The van der Waals surface area contributed by atoms with Gasteiger partial charge in [0, 0.05) is 53.0 Å². The lowest BCUT2D eigenvalue weighted by molar-refractivity contribution is -0.163.